The van der Waals surface area contributed by atoms with Gasteiger partial charge in [0.05, 0.1) is 5.56 Å². The van der Waals surface area contributed by atoms with Gasteiger partial charge in [-0.1, -0.05) is 30.3 Å². The van der Waals surface area contributed by atoms with Crippen LogP contribution in [0.2, 0.25) is 0 Å². The Bertz CT molecular complexity index is 646. The van der Waals surface area contributed by atoms with E-state index in [0.29, 0.717) is 11.3 Å². The molecule has 0 radical (unpaired) electrons. The lowest BCUT2D eigenvalue weighted by Gasteiger charge is -2.16. The van der Waals surface area contributed by atoms with Crippen LogP contribution in [0.5, 0.6) is 11.6 Å². The summed E-state index contributed by atoms with van der Waals surface area (Å²) in [4.78, 5) is 4.20. The molecular weight excluding hydrogens is 309 g/mol. The third-order valence-electron chi connectivity index (χ3n) is 2.99. The van der Waals surface area contributed by atoms with Gasteiger partial charge in [-0.25, -0.2) is 4.98 Å². The molecule has 0 amide bonds. The number of aryl methyl sites for hydroxylation is 1. The number of nitrogens with two attached hydrogens (primary N) is 1. The van der Waals surface area contributed by atoms with Crippen molar-refractivity contribution in [3.8, 4) is 11.6 Å². The fourth-order valence-corrected chi connectivity index (χ4v) is 1.96. The number of rotatable bonds is 6. The van der Waals surface area contributed by atoms with Crippen LogP contribution >= 0.6 is 0 Å². The summed E-state index contributed by atoms with van der Waals surface area (Å²) in [7, 11) is 0. The monoisotopic (exact) mass is 326 g/mol. The fourth-order valence-electron chi connectivity index (χ4n) is 1.96. The summed E-state index contributed by atoms with van der Waals surface area (Å²) in [6.07, 6.45) is -4.42. The summed E-state index contributed by atoms with van der Waals surface area (Å²) < 4.78 is 47.5. The van der Waals surface area contributed by atoms with Crippen LogP contribution in [0.1, 0.15) is 16.8 Å². The van der Waals surface area contributed by atoms with Gasteiger partial charge in [0, 0.05) is 18.3 Å². The lowest BCUT2D eigenvalue weighted by Crippen LogP contribution is -2.20. The van der Waals surface area contributed by atoms with E-state index in [9.17, 15) is 13.2 Å². The quantitative estimate of drug-likeness (QED) is 0.884. The molecule has 2 N–H and O–H groups in total. The highest BCUT2D eigenvalue weighted by Crippen LogP contribution is 2.29. The first-order chi connectivity index (χ1) is 10.9. The highest BCUT2D eigenvalue weighted by atomic mass is 19.4. The van der Waals surface area contributed by atoms with E-state index >= 15 is 0 Å². The molecule has 0 saturated heterocycles. The second-order valence-electron chi connectivity index (χ2n) is 4.93. The molecular formula is C16H17F3N2O2. The van der Waals surface area contributed by atoms with E-state index in [0.717, 1.165) is 5.56 Å². The Kier molecular flexibility index (Phi) is 5.44. The molecule has 23 heavy (non-hydrogen) atoms. The number of halogens is 3. The number of pyridine rings is 1. The van der Waals surface area contributed by atoms with Crippen molar-refractivity contribution in [2.45, 2.75) is 26.3 Å². The van der Waals surface area contributed by atoms with Crippen molar-refractivity contribution >= 4 is 0 Å². The molecule has 124 valence electrons. The Morgan fingerprint density at radius 3 is 2.43 bits per heavy atom. The van der Waals surface area contributed by atoms with Gasteiger partial charge < -0.3 is 15.2 Å². The Morgan fingerprint density at radius 1 is 1.13 bits per heavy atom. The maximum atomic E-state index is 12.3. The van der Waals surface area contributed by atoms with Crippen molar-refractivity contribution in [2.24, 2.45) is 5.73 Å². The fraction of sp³-hybridized carbons (Fsp3) is 0.312. The molecule has 1 heterocycles. The Morgan fingerprint density at radius 2 is 1.83 bits per heavy atom. The van der Waals surface area contributed by atoms with E-state index in [4.69, 9.17) is 15.2 Å². The first kappa shape index (κ1) is 17.1. The Balaban J connectivity index is 2.19. The number of hydrogen-bond donors (Lipinski definition) is 1. The average Bonchev–Trinajstić information content (AvgIpc) is 2.51. The third kappa shape index (κ3) is 5.14. The van der Waals surface area contributed by atoms with Gasteiger partial charge in [0.25, 0.3) is 0 Å². The molecule has 0 unspecified atom stereocenters. The predicted molar refractivity (Wildman–Crippen MR) is 79.2 cm³/mol. The zero-order valence-electron chi connectivity index (χ0n) is 12.6. The number of nitrogens with zero attached hydrogens (tertiary/aromatic N) is 1. The summed E-state index contributed by atoms with van der Waals surface area (Å²) in [5.74, 6) is 0.230. The van der Waals surface area contributed by atoms with E-state index < -0.39 is 12.8 Å². The standard InChI is InChI=1S/C16H17F3N2O2/c1-11-7-14(23-10-16(17,18)19)13(8-20)15(21-11)22-9-12-5-3-2-4-6-12/h2-7H,8-10,20H2,1H3. The summed E-state index contributed by atoms with van der Waals surface area (Å²) >= 11 is 0. The molecule has 0 atom stereocenters. The van der Waals surface area contributed by atoms with Crippen molar-refractivity contribution in [2.75, 3.05) is 6.61 Å². The van der Waals surface area contributed by atoms with Gasteiger partial charge in [0.2, 0.25) is 5.88 Å². The van der Waals surface area contributed by atoms with E-state index in [1.165, 1.54) is 6.07 Å². The van der Waals surface area contributed by atoms with Crippen LogP contribution in [-0.4, -0.2) is 17.8 Å². The molecule has 7 heteroatoms. The van der Waals surface area contributed by atoms with Crippen molar-refractivity contribution in [3.63, 3.8) is 0 Å². The molecule has 0 aliphatic heterocycles. The molecule has 4 nitrogen and oxygen atoms in total. The zero-order chi connectivity index (χ0) is 16.9. The topological polar surface area (TPSA) is 57.4 Å². The molecule has 0 saturated carbocycles. The van der Waals surface area contributed by atoms with Crippen LogP contribution < -0.4 is 15.2 Å². The molecule has 0 bridgehead atoms. The summed E-state index contributed by atoms with van der Waals surface area (Å²) in [5.41, 5.74) is 7.35. The normalized spacial score (nSPS) is 11.3. The Hall–Kier alpha value is -2.28. The number of alkyl halides is 3. The lowest BCUT2D eigenvalue weighted by atomic mass is 10.2. The lowest BCUT2D eigenvalue weighted by molar-refractivity contribution is -0.153. The maximum Gasteiger partial charge on any atom is 0.422 e. The first-order valence-electron chi connectivity index (χ1n) is 6.96. The number of ether oxygens (including phenoxy) is 2. The SMILES string of the molecule is Cc1cc(OCC(F)(F)F)c(CN)c(OCc2ccccc2)n1. The van der Waals surface area contributed by atoms with Crippen LogP contribution in [0.3, 0.4) is 0 Å². The smallest absolute Gasteiger partial charge is 0.422 e. The van der Waals surface area contributed by atoms with Gasteiger partial charge in [0.1, 0.15) is 12.4 Å². The van der Waals surface area contributed by atoms with Gasteiger partial charge >= 0.3 is 6.18 Å². The van der Waals surface area contributed by atoms with Crippen molar-refractivity contribution in [3.05, 3.63) is 53.2 Å². The number of aromatic nitrogens is 1. The maximum absolute atomic E-state index is 12.3. The van der Waals surface area contributed by atoms with Crippen LogP contribution in [0.25, 0.3) is 0 Å². The van der Waals surface area contributed by atoms with E-state index in [-0.39, 0.29) is 24.8 Å². The highest BCUT2D eigenvalue weighted by Gasteiger charge is 2.29. The zero-order valence-corrected chi connectivity index (χ0v) is 12.6. The summed E-state index contributed by atoms with van der Waals surface area (Å²) in [6, 6.07) is 10.8. The summed E-state index contributed by atoms with van der Waals surface area (Å²) in [6.45, 7) is 0.464. The molecule has 0 fully saturated rings. The van der Waals surface area contributed by atoms with Gasteiger partial charge in [0.15, 0.2) is 6.61 Å². The van der Waals surface area contributed by atoms with Crippen LogP contribution in [-0.2, 0) is 13.2 Å². The average molecular weight is 326 g/mol. The van der Waals surface area contributed by atoms with Gasteiger partial charge in [-0.05, 0) is 12.5 Å². The Labute approximate surface area is 132 Å². The minimum Gasteiger partial charge on any atom is -0.484 e. The largest absolute Gasteiger partial charge is 0.484 e. The van der Waals surface area contributed by atoms with Crippen LogP contribution in [0.15, 0.2) is 36.4 Å². The molecule has 0 aliphatic carbocycles. The summed E-state index contributed by atoms with van der Waals surface area (Å²) in [5, 5.41) is 0. The second-order valence-corrected chi connectivity index (χ2v) is 4.93. The second kappa shape index (κ2) is 7.32. The molecule has 2 rings (SSSR count). The first-order valence-corrected chi connectivity index (χ1v) is 6.96. The van der Waals surface area contributed by atoms with Crippen LogP contribution in [0, 0.1) is 6.92 Å². The van der Waals surface area contributed by atoms with Crippen molar-refractivity contribution in [1.29, 1.82) is 0 Å². The van der Waals surface area contributed by atoms with Gasteiger partial charge in [-0.3, -0.25) is 0 Å². The molecule has 0 spiro atoms. The number of benzene rings is 1. The van der Waals surface area contributed by atoms with Crippen molar-refractivity contribution < 1.29 is 22.6 Å². The third-order valence-corrected chi connectivity index (χ3v) is 2.99. The minimum atomic E-state index is -4.42. The number of hydrogen-bond acceptors (Lipinski definition) is 4. The van der Waals surface area contributed by atoms with E-state index in [2.05, 4.69) is 4.98 Å². The van der Waals surface area contributed by atoms with Crippen LogP contribution in [0.4, 0.5) is 13.2 Å². The molecule has 1 aromatic heterocycles. The minimum absolute atomic E-state index is 0.0371. The van der Waals surface area contributed by atoms with E-state index in [1.54, 1.807) is 6.92 Å². The van der Waals surface area contributed by atoms with Gasteiger partial charge in [-0.2, -0.15) is 13.2 Å². The van der Waals surface area contributed by atoms with Crippen molar-refractivity contribution in [1.82, 2.24) is 4.98 Å². The van der Waals surface area contributed by atoms with E-state index in [1.807, 2.05) is 30.3 Å². The molecule has 1 aromatic carbocycles. The molecule has 2 aromatic rings. The predicted octanol–water partition coefficient (Wildman–Crippen LogP) is 3.37. The highest BCUT2D eigenvalue weighted by molar-refractivity contribution is 5.42. The molecule has 0 aliphatic rings. The van der Waals surface area contributed by atoms with Gasteiger partial charge in [-0.15, -0.1) is 0 Å².